The monoisotopic (exact) mass is 335 g/mol. The second kappa shape index (κ2) is 5.92. The lowest BCUT2D eigenvalue weighted by Crippen LogP contribution is -2.17. The summed E-state index contributed by atoms with van der Waals surface area (Å²) < 4.78 is 40.2. The highest BCUT2D eigenvalue weighted by Crippen LogP contribution is 2.24. The smallest absolute Gasteiger partial charge is 0.478 e. The van der Waals surface area contributed by atoms with Crippen LogP contribution in [0.3, 0.4) is 0 Å². The molecule has 0 aliphatic carbocycles. The molecule has 0 saturated heterocycles. The first-order valence-corrected chi connectivity index (χ1v) is 7.00. The first kappa shape index (κ1) is 15.9. The van der Waals surface area contributed by atoms with Crippen LogP contribution in [0.2, 0.25) is 0 Å². The number of nitrogens with one attached hydrogen (secondary N) is 1. The minimum atomic E-state index is -4.71. The van der Waals surface area contributed by atoms with Crippen molar-refractivity contribution in [1.82, 2.24) is 4.98 Å². The third kappa shape index (κ3) is 3.68. The topological polar surface area (TPSA) is 62.3 Å². The predicted molar refractivity (Wildman–Crippen MR) is 81.2 cm³/mol. The molecule has 3 rings (SSSR count). The number of aromatic carboxylic acids is 1. The molecule has 0 saturated carbocycles. The molecular weight excluding hydrogens is 323 g/mol. The fraction of sp³-hybridized carbons (Fsp3) is 0.118. The molecule has 4 nitrogen and oxygen atoms in total. The molecule has 0 radical (unpaired) electrons. The van der Waals surface area contributed by atoms with E-state index in [2.05, 4.69) is 9.72 Å². The molecule has 0 aliphatic rings. The van der Waals surface area contributed by atoms with Crippen LogP contribution in [0.15, 0.2) is 48.5 Å². The minimum absolute atomic E-state index is 0.185. The Bertz CT molecular complexity index is 882. The number of carbonyl (C=O) groups is 1. The van der Waals surface area contributed by atoms with Crippen LogP contribution in [0.5, 0.6) is 5.75 Å². The molecule has 2 N–H and O–H groups in total. The summed E-state index contributed by atoms with van der Waals surface area (Å²) in [6.07, 6.45) is -4.23. The molecule has 1 heterocycles. The summed E-state index contributed by atoms with van der Waals surface area (Å²) in [7, 11) is 0. The van der Waals surface area contributed by atoms with Crippen LogP contribution in [0.25, 0.3) is 10.9 Å². The molecule has 0 aliphatic heterocycles. The van der Waals surface area contributed by atoms with Crippen molar-refractivity contribution in [3.63, 3.8) is 0 Å². The summed E-state index contributed by atoms with van der Waals surface area (Å²) in [6.45, 7) is 0. The molecule has 1 aromatic heterocycles. The SMILES string of the molecule is O=C(O)c1ccc2cc(Cc3ccc(OC(F)(F)F)cc3)[nH]c2c1. The molecule has 0 bridgehead atoms. The second-order valence-corrected chi connectivity index (χ2v) is 5.27. The number of carboxylic acids is 1. The summed E-state index contributed by atoms with van der Waals surface area (Å²) in [6, 6.07) is 12.3. The molecule has 0 atom stereocenters. The fourth-order valence-electron chi connectivity index (χ4n) is 2.44. The van der Waals surface area contributed by atoms with Crippen LogP contribution in [-0.2, 0) is 6.42 Å². The Labute approximate surface area is 134 Å². The van der Waals surface area contributed by atoms with E-state index in [9.17, 15) is 18.0 Å². The molecule has 0 unspecified atom stereocenters. The number of aromatic nitrogens is 1. The third-order valence-electron chi connectivity index (χ3n) is 3.48. The van der Waals surface area contributed by atoms with Crippen molar-refractivity contribution in [2.24, 2.45) is 0 Å². The number of carboxylic acid groups (broad SMARTS) is 1. The molecule has 124 valence electrons. The normalized spacial score (nSPS) is 11.6. The molecule has 3 aromatic rings. The van der Waals surface area contributed by atoms with Gasteiger partial charge in [0.05, 0.1) is 5.56 Å². The molecule has 0 spiro atoms. The maximum absolute atomic E-state index is 12.1. The number of aromatic amines is 1. The van der Waals surface area contributed by atoms with Crippen molar-refractivity contribution in [1.29, 1.82) is 0 Å². The Kier molecular flexibility index (Phi) is 3.92. The van der Waals surface area contributed by atoms with Gasteiger partial charge in [0.2, 0.25) is 0 Å². The molecule has 7 heteroatoms. The number of rotatable bonds is 4. The molecule has 0 fully saturated rings. The Balaban J connectivity index is 1.78. The molecular formula is C17H12F3NO3. The van der Waals surface area contributed by atoms with Crippen LogP contribution >= 0.6 is 0 Å². The minimum Gasteiger partial charge on any atom is -0.478 e. The van der Waals surface area contributed by atoms with Crippen molar-refractivity contribution in [3.05, 3.63) is 65.4 Å². The summed E-state index contributed by atoms with van der Waals surface area (Å²) in [5.41, 5.74) is 2.51. The molecule has 24 heavy (non-hydrogen) atoms. The van der Waals surface area contributed by atoms with Crippen LogP contribution in [0.4, 0.5) is 13.2 Å². The number of benzene rings is 2. The fourth-order valence-corrected chi connectivity index (χ4v) is 2.44. The van der Waals surface area contributed by atoms with Gasteiger partial charge in [-0.25, -0.2) is 4.79 Å². The lowest BCUT2D eigenvalue weighted by Gasteiger charge is -2.09. The quantitative estimate of drug-likeness (QED) is 0.745. The van der Waals surface area contributed by atoms with Crippen molar-refractivity contribution < 1.29 is 27.8 Å². The van der Waals surface area contributed by atoms with Crippen LogP contribution in [0.1, 0.15) is 21.6 Å². The maximum atomic E-state index is 12.1. The van der Waals surface area contributed by atoms with Crippen molar-refractivity contribution in [2.75, 3.05) is 0 Å². The van der Waals surface area contributed by atoms with E-state index in [0.29, 0.717) is 11.9 Å². The Morgan fingerprint density at radius 1 is 1.08 bits per heavy atom. The Morgan fingerprint density at radius 3 is 2.42 bits per heavy atom. The number of halogens is 3. The first-order chi connectivity index (χ1) is 11.3. The van der Waals surface area contributed by atoms with E-state index in [4.69, 9.17) is 5.11 Å². The summed E-state index contributed by atoms with van der Waals surface area (Å²) >= 11 is 0. The number of hydrogen-bond donors (Lipinski definition) is 2. The van der Waals surface area contributed by atoms with Gasteiger partial charge in [-0.2, -0.15) is 0 Å². The maximum Gasteiger partial charge on any atom is 0.573 e. The van der Waals surface area contributed by atoms with Crippen LogP contribution in [0, 0.1) is 0 Å². The van der Waals surface area contributed by atoms with E-state index in [1.54, 1.807) is 24.3 Å². The number of H-pyrrole nitrogens is 1. The second-order valence-electron chi connectivity index (χ2n) is 5.27. The summed E-state index contributed by atoms with van der Waals surface area (Å²) in [4.78, 5) is 14.1. The van der Waals surface area contributed by atoms with E-state index < -0.39 is 12.3 Å². The highest BCUT2D eigenvalue weighted by molar-refractivity contribution is 5.93. The average molecular weight is 335 g/mol. The van der Waals surface area contributed by atoms with Gasteiger partial charge in [0, 0.05) is 17.6 Å². The number of fused-ring (bicyclic) bond motifs is 1. The number of hydrogen-bond acceptors (Lipinski definition) is 2. The summed E-state index contributed by atoms with van der Waals surface area (Å²) in [5, 5.41) is 9.85. The van der Waals surface area contributed by atoms with Crippen molar-refractivity contribution in [2.45, 2.75) is 12.8 Å². The van der Waals surface area contributed by atoms with E-state index in [0.717, 1.165) is 16.6 Å². The predicted octanol–water partition coefficient (Wildman–Crippen LogP) is 4.36. The van der Waals surface area contributed by atoms with E-state index in [-0.39, 0.29) is 11.3 Å². The summed E-state index contributed by atoms with van der Waals surface area (Å²) in [5.74, 6) is -1.28. The molecule has 0 amide bonds. The van der Waals surface area contributed by atoms with Gasteiger partial charge in [-0.1, -0.05) is 18.2 Å². The highest BCUT2D eigenvalue weighted by Gasteiger charge is 2.30. The van der Waals surface area contributed by atoms with Gasteiger partial charge in [0.15, 0.2) is 0 Å². The van der Waals surface area contributed by atoms with Gasteiger partial charge in [-0.05, 0) is 41.3 Å². The zero-order valence-corrected chi connectivity index (χ0v) is 12.2. The average Bonchev–Trinajstić information content (AvgIpc) is 2.89. The lowest BCUT2D eigenvalue weighted by molar-refractivity contribution is -0.274. The van der Waals surface area contributed by atoms with Gasteiger partial charge in [-0.15, -0.1) is 13.2 Å². The van der Waals surface area contributed by atoms with Crippen LogP contribution < -0.4 is 4.74 Å². The van der Waals surface area contributed by atoms with Gasteiger partial charge in [0.25, 0.3) is 0 Å². The largest absolute Gasteiger partial charge is 0.573 e. The standard InChI is InChI=1S/C17H12F3NO3/c18-17(19,20)24-14-5-1-10(2-6-14)7-13-8-11-3-4-12(16(22)23)9-15(11)21-13/h1-6,8-9,21H,7H2,(H,22,23). The van der Waals surface area contributed by atoms with E-state index in [1.807, 2.05) is 6.07 Å². The van der Waals surface area contributed by atoms with Crippen LogP contribution in [-0.4, -0.2) is 22.4 Å². The highest BCUT2D eigenvalue weighted by atomic mass is 19.4. The molecule has 2 aromatic carbocycles. The zero-order chi connectivity index (χ0) is 17.3. The van der Waals surface area contributed by atoms with Crippen molar-refractivity contribution in [3.8, 4) is 5.75 Å². The number of alkyl halides is 3. The van der Waals surface area contributed by atoms with Crippen molar-refractivity contribution >= 4 is 16.9 Å². The van der Waals surface area contributed by atoms with Gasteiger partial charge in [-0.3, -0.25) is 0 Å². The Morgan fingerprint density at radius 2 is 1.79 bits per heavy atom. The Hall–Kier alpha value is -2.96. The third-order valence-corrected chi connectivity index (χ3v) is 3.48. The lowest BCUT2D eigenvalue weighted by atomic mass is 10.1. The number of ether oxygens (including phenoxy) is 1. The first-order valence-electron chi connectivity index (χ1n) is 7.00. The van der Waals surface area contributed by atoms with E-state index >= 15 is 0 Å². The van der Waals surface area contributed by atoms with Gasteiger partial charge in [0.1, 0.15) is 5.75 Å². The van der Waals surface area contributed by atoms with Gasteiger partial charge >= 0.3 is 12.3 Å². The van der Waals surface area contributed by atoms with E-state index in [1.165, 1.54) is 18.2 Å². The van der Waals surface area contributed by atoms with Gasteiger partial charge < -0.3 is 14.8 Å². The zero-order valence-electron chi connectivity index (χ0n) is 12.2.